The van der Waals surface area contributed by atoms with E-state index in [9.17, 15) is 4.39 Å². The highest BCUT2D eigenvalue weighted by atomic mass is 35.5. The number of hydrogen-bond donors (Lipinski definition) is 1. The third kappa shape index (κ3) is 3.94. The number of rotatable bonds is 4. The summed E-state index contributed by atoms with van der Waals surface area (Å²) in [6, 6.07) is 15.3. The molecule has 28 heavy (non-hydrogen) atoms. The van der Waals surface area contributed by atoms with E-state index < -0.39 is 5.82 Å². The number of thiazole rings is 1. The van der Waals surface area contributed by atoms with Gasteiger partial charge in [0, 0.05) is 22.2 Å². The maximum absolute atomic E-state index is 14.1. The van der Waals surface area contributed by atoms with Gasteiger partial charge in [0.1, 0.15) is 11.5 Å². The number of H-pyrrole nitrogens is 1. The minimum absolute atomic E-state index is 0.233. The third-order valence-corrected chi connectivity index (χ3v) is 5.27. The molecule has 2 heterocycles. The Morgan fingerprint density at radius 1 is 1.07 bits per heavy atom. The van der Waals surface area contributed by atoms with E-state index in [0.717, 1.165) is 5.69 Å². The predicted octanol–water partition coefficient (Wildman–Crippen LogP) is 6.11. The van der Waals surface area contributed by atoms with Gasteiger partial charge in [0.25, 0.3) is 0 Å². The molecule has 0 saturated carbocycles. The first-order valence-corrected chi connectivity index (χ1v) is 9.88. The van der Waals surface area contributed by atoms with E-state index in [-0.39, 0.29) is 5.69 Å². The topological polar surface area (TPSA) is 45.4 Å². The molecule has 0 atom stereocenters. The first-order chi connectivity index (χ1) is 13.6. The number of halogens is 3. The number of hydrogen-bond acceptors (Lipinski definition) is 3. The molecular formula is C20H13Cl2FN4S. The molecule has 0 aliphatic heterocycles. The van der Waals surface area contributed by atoms with Crippen LogP contribution in [-0.4, -0.2) is 15.9 Å². The van der Waals surface area contributed by atoms with Crippen molar-refractivity contribution in [2.45, 2.75) is 0 Å². The molecule has 0 aliphatic carbocycles. The van der Waals surface area contributed by atoms with Crippen molar-refractivity contribution in [1.29, 1.82) is 0 Å². The smallest absolute Gasteiger partial charge is 0.211 e. The maximum atomic E-state index is 14.1. The second kappa shape index (κ2) is 8.14. The Bertz CT molecular complexity index is 1210. The molecule has 1 N–H and O–H groups in total. The predicted molar refractivity (Wildman–Crippen MR) is 113 cm³/mol. The summed E-state index contributed by atoms with van der Waals surface area (Å²) in [6.45, 7) is 0. The van der Waals surface area contributed by atoms with E-state index >= 15 is 0 Å². The van der Waals surface area contributed by atoms with Crippen molar-refractivity contribution in [2.24, 2.45) is 10.1 Å². The summed E-state index contributed by atoms with van der Waals surface area (Å²) in [5.74, 6) is -0.405. The molecule has 0 unspecified atom stereocenters. The first kappa shape index (κ1) is 18.7. The molecule has 0 aliphatic rings. The van der Waals surface area contributed by atoms with Crippen molar-refractivity contribution in [3.63, 3.8) is 0 Å². The van der Waals surface area contributed by atoms with Gasteiger partial charge in [0.15, 0.2) is 0 Å². The van der Waals surface area contributed by atoms with Gasteiger partial charge in [-0.1, -0.05) is 35.3 Å². The van der Waals surface area contributed by atoms with Crippen LogP contribution in [0.2, 0.25) is 10.0 Å². The van der Waals surface area contributed by atoms with Crippen LogP contribution >= 0.6 is 34.5 Å². The summed E-state index contributed by atoms with van der Waals surface area (Å²) < 4.78 is 15.7. The molecule has 8 heteroatoms. The molecule has 4 rings (SSSR count). The number of nitrogens with one attached hydrogen (secondary N) is 1. The molecule has 0 fully saturated rings. The van der Waals surface area contributed by atoms with E-state index in [1.54, 1.807) is 53.5 Å². The van der Waals surface area contributed by atoms with Crippen LogP contribution in [0.15, 0.2) is 76.3 Å². The molecule has 4 nitrogen and oxygen atoms in total. The molecule has 0 spiro atoms. The van der Waals surface area contributed by atoms with Crippen molar-refractivity contribution < 1.29 is 4.39 Å². The largest absolute Gasteiger partial charge is 0.360 e. The Hall–Kier alpha value is -2.67. The molecule has 2 aromatic heterocycles. The second-order valence-electron chi connectivity index (χ2n) is 5.77. The zero-order valence-electron chi connectivity index (χ0n) is 14.3. The Morgan fingerprint density at radius 3 is 2.71 bits per heavy atom. The lowest BCUT2D eigenvalue weighted by Crippen LogP contribution is -2.12. The Labute approximate surface area is 174 Å². The highest BCUT2D eigenvalue weighted by molar-refractivity contribution is 7.07. The van der Waals surface area contributed by atoms with Crippen molar-refractivity contribution in [2.75, 3.05) is 0 Å². The fraction of sp³-hybridized carbons (Fsp3) is 0. The van der Waals surface area contributed by atoms with Crippen LogP contribution in [-0.2, 0) is 0 Å². The van der Waals surface area contributed by atoms with Crippen LogP contribution in [0.25, 0.3) is 11.3 Å². The highest BCUT2D eigenvalue weighted by Crippen LogP contribution is 2.31. The first-order valence-electron chi connectivity index (χ1n) is 8.25. The number of benzene rings is 2. The number of nitrogens with zero attached hydrogens (tertiary/aromatic N) is 3. The molecule has 0 amide bonds. The van der Waals surface area contributed by atoms with Crippen LogP contribution in [0.1, 0.15) is 5.69 Å². The molecular weight excluding hydrogens is 418 g/mol. The summed E-state index contributed by atoms with van der Waals surface area (Å²) in [4.78, 5) is 8.00. The van der Waals surface area contributed by atoms with Gasteiger partial charge in [0.05, 0.1) is 22.6 Å². The van der Waals surface area contributed by atoms with E-state index in [4.69, 9.17) is 23.2 Å². The van der Waals surface area contributed by atoms with Crippen LogP contribution in [0, 0.1) is 5.82 Å². The molecule has 0 radical (unpaired) electrons. The SMILES string of the molecule is Fc1ccccc1N=c1scc(-c2cc(Cl)ccc2Cl)n1N=Cc1ccc[nH]1. The lowest BCUT2D eigenvalue weighted by Gasteiger charge is -2.06. The average Bonchev–Trinajstić information content (AvgIpc) is 3.34. The quantitative estimate of drug-likeness (QED) is 0.380. The normalized spacial score (nSPS) is 12.2. The summed E-state index contributed by atoms with van der Waals surface area (Å²) in [5, 5.41) is 7.48. The van der Waals surface area contributed by atoms with E-state index in [0.29, 0.717) is 26.1 Å². The second-order valence-corrected chi connectivity index (χ2v) is 7.45. The van der Waals surface area contributed by atoms with Crippen LogP contribution in [0.4, 0.5) is 10.1 Å². The lowest BCUT2D eigenvalue weighted by molar-refractivity contribution is 0.628. The minimum atomic E-state index is -0.405. The van der Waals surface area contributed by atoms with E-state index in [2.05, 4.69) is 15.1 Å². The molecule has 4 aromatic rings. The van der Waals surface area contributed by atoms with Crippen LogP contribution < -0.4 is 4.80 Å². The number of aromatic amines is 1. The van der Waals surface area contributed by atoms with Gasteiger partial charge >= 0.3 is 0 Å². The molecule has 0 saturated heterocycles. The van der Waals surface area contributed by atoms with Gasteiger partial charge in [-0.25, -0.2) is 14.1 Å². The Morgan fingerprint density at radius 2 is 1.93 bits per heavy atom. The fourth-order valence-corrected chi connectivity index (χ4v) is 3.78. The maximum Gasteiger partial charge on any atom is 0.211 e. The monoisotopic (exact) mass is 430 g/mol. The fourth-order valence-electron chi connectivity index (χ4n) is 2.56. The average molecular weight is 431 g/mol. The Balaban J connectivity index is 1.91. The highest BCUT2D eigenvalue weighted by Gasteiger charge is 2.12. The Kier molecular flexibility index (Phi) is 5.43. The van der Waals surface area contributed by atoms with Crippen molar-refractivity contribution in [3.05, 3.63) is 92.5 Å². The summed E-state index contributed by atoms with van der Waals surface area (Å²) in [5.41, 5.74) is 2.47. The summed E-state index contributed by atoms with van der Waals surface area (Å²) in [7, 11) is 0. The standard InChI is InChI=1S/C20H13Cl2FN4S/c21-13-7-8-16(22)15(10-13)19-12-28-20(26-18-6-2-1-5-17(18)23)27(19)25-11-14-4-3-9-24-14/h1-12,24H. The number of aromatic nitrogens is 2. The van der Waals surface area contributed by atoms with Gasteiger partial charge in [-0.05, 0) is 42.5 Å². The van der Waals surface area contributed by atoms with Crippen LogP contribution in [0.3, 0.4) is 0 Å². The van der Waals surface area contributed by atoms with Gasteiger partial charge in [-0.15, -0.1) is 11.3 Å². The van der Waals surface area contributed by atoms with Gasteiger partial charge in [0.2, 0.25) is 4.80 Å². The van der Waals surface area contributed by atoms with Gasteiger partial charge in [-0.3, -0.25) is 0 Å². The van der Waals surface area contributed by atoms with Gasteiger partial charge < -0.3 is 4.98 Å². The minimum Gasteiger partial charge on any atom is -0.360 e. The van der Waals surface area contributed by atoms with Gasteiger partial charge in [-0.2, -0.15) is 5.10 Å². The summed E-state index contributed by atoms with van der Waals surface area (Å²) in [6.07, 6.45) is 3.47. The molecule has 140 valence electrons. The lowest BCUT2D eigenvalue weighted by atomic mass is 10.2. The van der Waals surface area contributed by atoms with Crippen molar-refractivity contribution in [3.8, 4) is 11.3 Å². The zero-order chi connectivity index (χ0) is 19.5. The molecule has 2 aromatic carbocycles. The van der Waals surface area contributed by atoms with E-state index in [1.165, 1.54) is 17.4 Å². The van der Waals surface area contributed by atoms with Crippen molar-refractivity contribution in [1.82, 2.24) is 9.66 Å². The number of para-hydroxylation sites is 1. The molecule has 0 bridgehead atoms. The summed E-state index contributed by atoms with van der Waals surface area (Å²) >= 11 is 13.9. The van der Waals surface area contributed by atoms with E-state index in [1.807, 2.05) is 17.5 Å². The van der Waals surface area contributed by atoms with Crippen molar-refractivity contribution >= 4 is 46.4 Å². The third-order valence-electron chi connectivity index (χ3n) is 3.89. The zero-order valence-corrected chi connectivity index (χ0v) is 16.6. The van der Waals surface area contributed by atoms with Crippen LogP contribution in [0.5, 0.6) is 0 Å².